The number of carbonyl (C=O) groups is 1. The molecular weight excluding hydrogens is 306 g/mol. The van der Waals surface area contributed by atoms with Crippen molar-refractivity contribution in [1.82, 2.24) is 14.8 Å². The number of aromatic nitrogens is 3. The lowest BCUT2D eigenvalue weighted by atomic mass is 10.2. The lowest BCUT2D eigenvalue weighted by Crippen LogP contribution is -2.14. The summed E-state index contributed by atoms with van der Waals surface area (Å²) in [5.41, 5.74) is 0.797. The third kappa shape index (κ3) is 4.57. The van der Waals surface area contributed by atoms with Crippen LogP contribution in [0.25, 0.3) is 11.4 Å². The van der Waals surface area contributed by atoms with Crippen LogP contribution in [0.2, 0.25) is 0 Å². The Morgan fingerprint density at radius 2 is 1.92 bits per heavy atom. The molecule has 0 radical (unpaired) electrons. The maximum Gasteiger partial charge on any atom is 0.336 e. The molecule has 2 rings (SSSR count). The minimum Gasteiger partial charge on any atom is -0.497 e. The van der Waals surface area contributed by atoms with E-state index in [1.165, 1.54) is 4.68 Å². The molecule has 6 heteroatoms. The predicted octanol–water partition coefficient (Wildman–Crippen LogP) is 3.96. The number of methoxy groups -OCH3 is 1. The molecule has 1 aromatic carbocycles. The Kier molecular flexibility index (Phi) is 6.35. The SMILES string of the molecule is CCCCCC(=O)n1nc(OC(C)C)nc1-c1ccc(OC)cc1. The minimum absolute atomic E-state index is 0.0558. The van der Waals surface area contributed by atoms with E-state index in [0.717, 1.165) is 30.6 Å². The standard InChI is InChI=1S/C18H25N3O3/c1-5-6-7-8-16(22)21-17(19-18(20-21)24-13(2)3)14-9-11-15(23-4)12-10-14/h9-13H,5-8H2,1-4H3. The van der Waals surface area contributed by atoms with Crippen LogP contribution < -0.4 is 9.47 Å². The molecule has 0 amide bonds. The largest absolute Gasteiger partial charge is 0.497 e. The second-order valence-electron chi connectivity index (χ2n) is 5.88. The van der Waals surface area contributed by atoms with Gasteiger partial charge >= 0.3 is 6.01 Å². The number of rotatable bonds is 8. The van der Waals surface area contributed by atoms with E-state index in [2.05, 4.69) is 17.0 Å². The average Bonchev–Trinajstić information content (AvgIpc) is 2.98. The molecule has 24 heavy (non-hydrogen) atoms. The van der Waals surface area contributed by atoms with Crippen LogP contribution in [-0.4, -0.2) is 33.9 Å². The van der Waals surface area contributed by atoms with Gasteiger partial charge in [0.2, 0.25) is 5.91 Å². The molecule has 6 nitrogen and oxygen atoms in total. The molecule has 130 valence electrons. The molecular formula is C18H25N3O3. The highest BCUT2D eigenvalue weighted by Crippen LogP contribution is 2.23. The fourth-order valence-corrected chi connectivity index (χ4v) is 2.29. The molecule has 0 fully saturated rings. The molecule has 0 unspecified atom stereocenters. The summed E-state index contributed by atoms with van der Waals surface area (Å²) in [5.74, 6) is 1.17. The van der Waals surface area contributed by atoms with Crippen LogP contribution in [0.5, 0.6) is 11.8 Å². The van der Waals surface area contributed by atoms with Gasteiger partial charge in [0.1, 0.15) is 5.75 Å². The van der Waals surface area contributed by atoms with Crippen molar-refractivity contribution in [2.45, 2.75) is 52.6 Å². The van der Waals surface area contributed by atoms with E-state index in [1.807, 2.05) is 38.1 Å². The molecule has 1 heterocycles. The summed E-state index contributed by atoms with van der Waals surface area (Å²) in [5, 5.41) is 4.25. The van der Waals surface area contributed by atoms with Crippen molar-refractivity contribution in [2.75, 3.05) is 7.11 Å². The molecule has 0 atom stereocenters. The van der Waals surface area contributed by atoms with Gasteiger partial charge in [-0.25, -0.2) is 0 Å². The van der Waals surface area contributed by atoms with Crippen LogP contribution in [0, 0.1) is 0 Å². The molecule has 0 aliphatic heterocycles. The fraction of sp³-hybridized carbons (Fsp3) is 0.500. The molecule has 0 spiro atoms. The van der Waals surface area contributed by atoms with Gasteiger partial charge in [0.15, 0.2) is 5.82 Å². The molecule has 1 aromatic heterocycles. The first-order chi connectivity index (χ1) is 11.5. The normalized spacial score (nSPS) is 10.9. The van der Waals surface area contributed by atoms with E-state index in [0.29, 0.717) is 12.2 Å². The van der Waals surface area contributed by atoms with Crippen molar-refractivity contribution in [3.8, 4) is 23.1 Å². The first kappa shape index (κ1) is 18.0. The van der Waals surface area contributed by atoms with E-state index in [9.17, 15) is 4.79 Å². The summed E-state index contributed by atoms with van der Waals surface area (Å²) in [6.45, 7) is 5.91. The van der Waals surface area contributed by atoms with Crippen LogP contribution in [0.3, 0.4) is 0 Å². The quantitative estimate of drug-likeness (QED) is 0.685. The predicted molar refractivity (Wildman–Crippen MR) is 92.5 cm³/mol. The average molecular weight is 331 g/mol. The summed E-state index contributed by atoms with van der Waals surface area (Å²) in [6, 6.07) is 7.60. The van der Waals surface area contributed by atoms with Gasteiger partial charge in [-0.1, -0.05) is 19.8 Å². The van der Waals surface area contributed by atoms with Crippen molar-refractivity contribution < 1.29 is 14.3 Å². The highest BCUT2D eigenvalue weighted by atomic mass is 16.5. The molecule has 0 N–H and O–H groups in total. The molecule has 0 aliphatic rings. The van der Waals surface area contributed by atoms with Crippen molar-refractivity contribution >= 4 is 5.91 Å². The van der Waals surface area contributed by atoms with E-state index in [4.69, 9.17) is 9.47 Å². The maximum atomic E-state index is 12.5. The lowest BCUT2D eigenvalue weighted by Gasteiger charge is -2.05. The topological polar surface area (TPSA) is 66.2 Å². The molecule has 2 aromatic rings. The van der Waals surface area contributed by atoms with Gasteiger partial charge in [-0.05, 0) is 44.5 Å². The van der Waals surface area contributed by atoms with Gasteiger partial charge in [0.05, 0.1) is 13.2 Å². The van der Waals surface area contributed by atoms with Crippen molar-refractivity contribution in [3.05, 3.63) is 24.3 Å². The van der Waals surface area contributed by atoms with E-state index in [1.54, 1.807) is 7.11 Å². The van der Waals surface area contributed by atoms with E-state index < -0.39 is 0 Å². The van der Waals surface area contributed by atoms with Gasteiger partial charge < -0.3 is 9.47 Å². The van der Waals surface area contributed by atoms with E-state index >= 15 is 0 Å². The zero-order valence-electron chi connectivity index (χ0n) is 14.8. The lowest BCUT2D eigenvalue weighted by molar-refractivity contribution is 0.0881. The molecule has 0 saturated carbocycles. The molecule has 0 aliphatic carbocycles. The monoisotopic (exact) mass is 331 g/mol. The Balaban J connectivity index is 2.32. The zero-order valence-corrected chi connectivity index (χ0v) is 14.8. The number of ether oxygens (including phenoxy) is 2. The van der Waals surface area contributed by atoms with Gasteiger partial charge in [-0.2, -0.15) is 9.67 Å². The van der Waals surface area contributed by atoms with Crippen LogP contribution in [0.4, 0.5) is 0 Å². The fourth-order valence-electron chi connectivity index (χ4n) is 2.29. The maximum absolute atomic E-state index is 12.5. The Morgan fingerprint density at radius 1 is 1.21 bits per heavy atom. The number of unbranched alkanes of at least 4 members (excludes halogenated alkanes) is 2. The summed E-state index contributed by atoms with van der Waals surface area (Å²) in [4.78, 5) is 16.9. The second kappa shape index (κ2) is 8.47. The highest BCUT2D eigenvalue weighted by molar-refractivity contribution is 5.82. The third-order valence-corrected chi connectivity index (χ3v) is 3.51. The van der Waals surface area contributed by atoms with Gasteiger partial charge in [0, 0.05) is 12.0 Å². The summed E-state index contributed by atoms with van der Waals surface area (Å²) in [7, 11) is 1.61. The number of carbonyl (C=O) groups excluding carboxylic acids is 1. The summed E-state index contributed by atoms with van der Waals surface area (Å²) >= 11 is 0. The minimum atomic E-state index is -0.0691. The van der Waals surface area contributed by atoms with Crippen molar-refractivity contribution in [2.24, 2.45) is 0 Å². The van der Waals surface area contributed by atoms with Crippen LogP contribution in [0.15, 0.2) is 24.3 Å². The van der Waals surface area contributed by atoms with Crippen LogP contribution in [-0.2, 0) is 0 Å². The Morgan fingerprint density at radius 3 is 2.50 bits per heavy atom. The first-order valence-electron chi connectivity index (χ1n) is 8.36. The Bertz CT molecular complexity index is 663. The van der Waals surface area contributed by atoms with Crippen molar-refractivity contribution in [3.63, 3.8) is 0 Å². The Hall–Kier alpha value is -2.37. The number of nitrogens with zero attached hydrogens (tertiary/aromatic N) is 3. The van der Waals surface area contributed by atoms with E-state index in [-0.39, 0.29) is 18.0 Å². The van der Waals surface area contributed by atoms with Gasteiger partial charge in [-0.3, -0.25) is 4.79 Å². The molecule has 0 bridgehead atoms. The number of benzene rings is 1. The zero-order chi connectivity index (χ0) is 17.5. The number of hydrogen-bond donors (Lipinski definition) is 0. The highest BCUT2D eigenvalue weighted by Gasteiger charge is 2.19. The molecule has 0 saturated heterocycles. The van der Waals surface area contributed by atoms with Crippen LogP contribution in [0.1, 0.15) is 51.2 Å². The van der Waals surface area contributed by atoms with Gasteiger partial charge in [0.25, 0.3) is 0 Å². The number of hydrogen-bond acceptors (Lipinski definition) is 5. The van der Waals surface area contributed by atoms with Crippen molar-refractivity contribution in [1.29, 1.82) is 0 Å². The summed E-state index contributed by atoms with van der Waals surface area (Å²) < 4.78 is 12.1. The summed E-state index contributed by atoms with van der Waals surface area (Å²) in [6.07, 6.45) is 3.32. The van der Waals surface area contributed by atoms with Crippen LogP contribution >= 0.6 is 0 Å². The van der Waals surface area contributed by atoms with Gasteiger partial charge in [-0.15, -0.1) is 5.10 Å². The first-order valence-corrected chi connectivity index (χ1v) is 8.36. The second-order valence-corrected chi connectivity index (χ2v) is 5.88. The Labute approximate surface area is 142 Å². The smallest absolute Gasteiger partial charge is 0.336 e. The third-order valence-electron chi connectivity index (χ3n) is 3.51.